The van der Waals surface area contributed by atoms with Gasteiger partial charge in [-0.3, -0.25) is 9.59 Å². The average Bonchev–Trinajstić information content (AvgIpc) is 3.02. The van der Waals surface area contributed by atoms with E-state index in [1.165, 1.54) is 0 Å². The predicted molar refractivity (Wildman–Crippen MR) is 90.2 cm³/mol. The average molecular weight is 327 g/mol. The number of hydrogen-bond acceptors (Lipinski definition) is 4. The van der Waals surface area contributed by atoms with Crippen LogP contribution in [0.1, 0.15) is 41.9 Å². The van der Waals surface area contributed by atoms with E-state index < -0.39 is 0 Å². The standard InChI is InChI=1S/C18H21N3O3/c1-12-19-15-10-13(4-5-14(15)16(22)20-12)17(23)21-8-3-2-6-18(21)7-9-24-11-18/h4-5,10H,2-3,6-9,11H2,1H3,(H,19,20,22). The van der Waals surface area contributed by atoms with Crippen LogP contribution in [-0.2, 0) is 4.74 Å². The third kappa shape index (κ3) is 2.41. The molecule has 1 aromatic carbocycles. The fourth-order valence-corrected chi connectivity index (χ4v) is 3.96. The number of piperidine rings is 1. The molecule has 1 N–H and O–H groups in total. The van der Waals surface area contributed by atoms with E-state index in [2.05, 4.69) is 9.97 Å². The topological polar surface area (TPSA) is 75.3 Å². The number of aryl methyl sites for hydroxylation is 1. The molecule has 24 heavy (non-hydrogen) atoms. The van der Waals surface area contributed by atoms with Crippen LogP contribution in [0.15, 0.2) is 23.0 Å². The number of nitrogens with one attached hydrogen (secondary N) is 1. The van der Waals surface area contributed by atoms with E-state index in [1.807, 2.05) is 4.90 Å². The van der Waals surface area contributed by atoms with Crippen LogP contribution in [0, 0.1) is 6.92 Å². The highest BCUT2D eigenvalue weighted by Gasteiger charge is 2.44. The van der Waals surface area contributed by atoms with Crippen molar-refractivity contribution in [3.05, 3.63) is 39.9 Å². The van der Waals surface area contributed by atoms with Gasteiger partial charge in [0, 0.05) is 18.7 Å². The van der Waals surface area contributed by atoms with Gasteiger partial charge >= 0.3 is 0 Å². The number of hydrogen-bond donors (Lipinski definition) is 1. The lowest BCUT2D eigenvalue weighted by Gasteiger charge is -2.44. The van der Waals surface area contributed by atoms with Crippen molar-refractivity contribution < 1.29 is 9.53 Å². The van der Waals surface area contributed by atoms with E-state index >= 15 is 0 Å². The molecule has 1 atom stereocenters. The quantitative estimate of drug-likeness (QED) is 0.869. The maximum absolute atomic E-state index is 13.1. The van der Waals surface area contributed by atoms with Gasteiger partial charge in [-0.05, 0) is 50.8 Å². The number of aromatic amines is 1. The van der Waals surface area contributed by atoms with E-state index in [0.717, 1.165) is 38.8 Å². The lowest BCUT2D eigenvalue weighted by molar-refractivity contribution is 0.0256. The van der Waals surface area contributed by atoms with Crippen LogP contribution in [0.3, 0.4) is 0 Å². The number of carbonyl (C=O) groups excluding carboxylic acids is 1. The summed E-state index contributed by atoms with van der Waals surface area (Å²) in [6.07, 6.45) is 4.08. The van der Waals surface area contributed by atoms with Crippen molar-refractivity contribution in [2.24, 2.45) is 0 Å². The predicted octanol–water partition coefficient (Wildman–Crippen LogP) is 2.02. The van der Waals surface area contributed by atoms with Crippen LogP contribution < -0.4 is 5.56 Å². The zero-order valence-corrected chi connectivity index (χ0v) is 13.8. The number of amides is 1. The maximum Gasteiger partial charge on any atom is 0.258 e. The molecule has 6 nitrogen and oxygen atoms in total. The van der Waals surface area contributed by atoms with Gasteiger partial charge in [-0.15, -0.1) is 0 Å². The second kappa shape index (κ2) is 5.70. The van der Waals surface area contributed by atoms with Crippen molar-refractivity contribution in [3.63, 3.8) is 0 Å². The van der Waals surface area contributed by atoms with Gasteiger partial charge in [0.1, 0.15) is 5.82 Å². The first-order chi connectivity index (χ1) is 11.6. The number of carbonyl (C=O) groups is 1. The van der Waals surface area contributed by atoms with Crippen molar-refractivity contribution in [1.82, 2.24) is 14.9 Å². The molecule has 2 aromatic rings. The minimum absolute atomic E-state index is 0.0156. The van der Waals surface area contributed by atoms with Crippen LogP contribution >= 0.6 is 0 Å². The molecule has 4 rings (SSSR count). The summed E-state index contributed by atoms with van der Waals surface area (Å²) >= 11 is 0. The normalized spacial score (nSPS) is 24.0. The Morgan fingerprint density at radius 2 is 2.21 bits per heavy atom. The summed E-state index contributed by atoms with van der Waals surface area (Å²) in [5, 5.41) is 0.509. The Kier molecular flexibility index (Phi) is 3.64. The molecule has 0 aliphatic carbocycles. The van der Waals surface area contributed by atoms with Gasteiger partial charge in [-0.2, -0.15) is 0 Å². The summed E-state index contributed by atoms with van der Waals surface area (Å²) in [5.74, 6) is 0.567. The van der Waals surface area contributed by atoms with Crippen molar-refractivity contribution in [2.75, 3.05) is 19.8 Å². The number of benzene rings is 1. The summed E-state index contributed by atoms with van der Waals surface area (Å²) in [6, 6.07) is 5.16. The van der Waals surface area contributed by atoms with Gasteiger partial charge in [0.05, 0.1) is 23.0 Å². The molecule has 1 spiro atoms. The number of fused-ring (bicyclic) bond motifs is 1. The molecule has 2 aliphatic heterocycles. The van der Waals surface area contributed by atoms with Gasteiger partial charge < -0.3 is 14.6 Å². The smallest absolute Gasteiger partial charge is 0.258 e. The number of H-pyrrole nitrogens is 1. The number of nitrogens with zero attached hydrogens (tertiary/aromatic N) is 2. The van der Waals surface area contributed by atoms with E-state index in [4.69, 9.17) is 4.74 Å². The van der Waals surface area contributed by atoms with Crippen LogP contribution in [0.2, 0.25) is 0 Å². The van der Waals surface area contributed by atoms with E-state index in [1.54, 1.807) is 25.1 Å². The van der Waals surface area contributed by atoms with Gasteiger partial charge in [0.25, 0.3) is 11.5 Å². The summed E-state index contributed by atoms with van der Waals surface area (Å²) in [7, 11) is 0. The van der Waals surface area contributed by atoms with Crippen LogP contribution in [0.4, 0.5) is 0 Å². The van der Waals surface area contributed by atoms with Gasteiger partial charge in [0.2, 0.25) is 0 Å². The van der Waals surface area contributed by atoms with Gasteiger partial charge in [-0.1, -0.05) is 0 Å². The molecular weight excluding hydrogens is 306 g/mol. The molecule has 2 fully saturated rings. The van der Waals surface area contributed by atoms with Crippen molar-refractivity contribution >= 4 is 16.8 Å². The molecule has 2 saturated heterocycles. The summed E-state index contributed by atoms with van der Waals surface area (Å²) in [5.41, 5.74) is 0.834. The molecule has 126 valence electrons. The molecule has 1 unspecified atom stereocenters. The van der Waals surface area contributed by atoms with Gasteiger partial charge in [0.15, 0.2) is 0 Å². The van der Waals surface area contributed by atoms with Crippen molar-refractivity contribution in [1.29, 1.82) is 0 Å². The molecule has 1 aromatic heterocycles. The van der Waals surface area contributed by atoms with E-state index in [9.17, 15) is 9.59 Å². The maximum atomic E-state index is 13.1. The van der Waals surface area contributed by atoms with Crippen molar-refractivity contribution in [3.8, 4) is 0 Å². The van der Waals surface area contributed by atoms with E-state index in [-0.39, 0.29) is 17.0 Å². The number of likely N-dealkylation sites (tertiary alicyclic amines) is 1. The third-order valence-electron chi connectivity index (χ3n) is 5.25. The lowest BCUT2D eigenvalue weighted by atomic mass is 9.85. The Bertz CT molecular complexity index is 852. The lowest BCUT2D eigenvalue weighted by Crippen LogP contribution is -2.55. The highest BCUT2D eigenvalue weighted by atomic mass is 16.5. The molecule has 6 heteroatoms. The summed E-state index contributed by atoms with van der Waals surface area (Å²) in [4.78, 5) is 34.1. The first kappa shape index (κ1) is 15.3. The minimum Gasteiger partial charge on any atom is -0.379 e. The highest BCUT2D eigenvalue weighted by molar-refractivity contribution is 5.98. The SMILES string of the molecule is Cc1nc2cc(C(=O)N3CCCCC34CCOC4)ccc2c(=O)[nH]1. The Morgan fingerprint density at radius 3 is 3.00 bits per heavy atom. The second-order valence-electron chi connectivity index (χ2n) is 6.82. The van der Waals surface area contributed by atoms with Gasteiger partial charge in [-0.25, -0.2) is 4.98 Å². The first-order valence-electron chi connectivity index (χ1n) is 8.49. The van der Waals surface area contributed by atoms with Crippen LogP contribution in [0.5, 0.6) is 0 Å². The molecule has 0 saturated carbocycles. The van der Waals surface area contributed by atoms with Crippen LogP contribution in [-0.4, -0.2) is 46.1 Å². The summed E-state index contributed by atoms with van der Waals surface area (Å²) < 4.78 is 5.60. The fraction of sp³-hybridized carbons (Fsp3) is 0.500. The largest absolute Gasteiger partial charge is 0.379 e. The Balaban J connectivity index is 1.73. The Morgan fingerprint density at radius 1 is 1.33 bits per heavy atom. The number of aromatic nitrogens is 2. The summed E-state index contributed by atoms with van der Waals surface area (Å²) in [6.45, 7) is 3.86. The molecule has 0 radical (unpaired) electrons. The Labute approximate surface area is 139 Å². The molecule has 2 aliphatic rings. The third-order valence-corrected chi connectivity index (χ3v) is 5.25. The monoisotopic (exact) mass is 327 g/mol. The number of ether oxygens (including phenoxy) is 1. The highest BCUT2D eigenvalue weighted by Crippen LogP contribution is 2.36. The Hall–Kier alpha value is -2.21. The minimum atomic E-state index is -0.171. The zero-order chi connectivity index (χ0) is 16.7. The fourth-order valence-electron chi connectivity index (χ4n) is 3.96. The molecule has 3 heterocycles. The second-order valence-corrected chi connectivity index (χ2v) is 6.82. The molecule has 1 amide bonds. The van der Waals surface area contributed by atoms with Crippen molar-refractivity contribution in [2.45, 2.75) is 38.1 Å². The zero-order valence-electron chi connectivity index (χ0n) is 13.8. The molecular formula is C18H21N3O3. The van der Waals surface area contributed by atoms with E-state index in [0.29, 0.717) is 28.9 Å². The molecule has 0 bridgehead atoms. The van der Waals surface area contributed by atoms with Crippen LogP contribution in [0.25, 0.3) is 10.9 Å². The number of rotatable bonds is 1. The first-order valence-corrected chi connectivity index (χ1v) is 8.49.